The van der Waals surface area contributed by atoms with E-state index in [1.165, 1.54) is 12.4 Å². The van der Waals surface area contributed by atoms with Crippen LogP contribution in [0.1, 0.15) is 11.1 Å². The van der Waals surface area contributed by atoms with Crippen molar-refractivity contribution in [3.8, 4) is 0 Å². The summed E-state index contributed by atoms with van der Waals surface area (Å²) in [5, 5.41) is 22.8. The molecule has 128 valence electrons. The molecule has 0 atom stereocenters. The van der Waals surface area contributed by atoms with Crippen LogP contribution in [0.4, 0.5) is 0 Å². The summed E-state index contributed by atoms with van der Waals surface area (Å²) < 4.78 is 3.96. The van der Waals surface area contributed by atoms with Gasteiger partial charge < -0.3 is 10.4 Å². The lowest BCUT2D eigenvalue weighted by Gasteiger charge is -1.95. The fourth-order valence-electron chi connectivity index (χ4n) is 1.62. The molecule has 0 amide bonds. The van der Waals surface area contributed by atoms with Gasteiger partial charge in [-0.3, -0.25) is 0 Å². The van der Waals surface area contributed by atoms with Crippen molar-refractivity contribution in [1.29, 1.82) is 0 Å². The van der Waals surface area contributed by atoms with Gasteiger partial charge in [-0.1, -0.05) is 10.3 Å². The second-order valence-corrected chi connectivity index (χ2v) is 3.92. The van der Waals surface area contributed by atoms with Gasteiger partial charge in [-0.05, 0) is 0 Å². The summed E-state index contributed by atoms with van der Waals surface area (Å²) in [6.07, 6.45) is 10.3. The first-order chi connectivity index (χ1) is 9.31. The Hall–Kier alpha value is -0.840. The highest BCUT2D eigenvalue weighted by molar-refractivity contribution is 8.93. The number of pyridine rings is 2. The third-order valence-corrected chi connectivity index (χ3v) is 2.57. The van der Waals surface area contributed by atoms with E-state index in [0.717, 1.165) is 11.1 Å². The van der Waals surface area contributed by atoms with E-state index in [-0.39, 0.29) is 67.9 Å². The molecule has 10 heteroatoms. The first-order valence-electron chi connectivity index (χ1n) is 5.65. The molecule has 2 heterocycles. The van der Waals surface area contributed by atoms with Gasteiger partial charge in [0.05, 0.1) is 12.4 Å². The van der Waals surface area contributed by atoms with Gasteiger partial charge in [0.2, 0.25) is 0 Å². The zero-order chi connectivity index (χ0) is 13.5. The Morgan fingerprint density at radius 2 is 1.00 bits per heavy atom. The molecule has 0 aliphatic carbocycles. The molecule has 0 radical (unpaired) electrons. The van der Waals surface area contributed by atoms with Crippen LogP contribution < -0.4 is 9.13 Å². The Kier molecular flexibility index (Phi) is 17.3. The molecular formula is C13H18Br4N4O2+2. The molecular weight excluding hydrogens is 564 g/mol. The molecule has 2 N–H and O–H groups in total. The van der Waals surface area contributed by atoms with Crippen LogP contribution in [0.25, 0.3) is 0 Å². The smallest absolute Gasteiger partial charge is 0.343 e. The normalized spacial score (nSPS) is 9.39. The van der Waals surface area contributed by atoms with E-state index in [2.05, 4.69) is 10.3 Å². The van der Waals surface area contributed by atoms with Crippen LogP contribution >= 0.6 is 67.9 Å². The minimum atomic E-state index is 0. The number of nitrogens with zero attached hydrogens (tertiary/aromatic N) is 4. The monoisotopic (exact) mass is 578 g/mol. The number of oxime groups is 2. The maximum atomic E-state index is 8.42. The first-order valence-corrected chi connectivity index (χ1v) is 5.65. The second kappa shape index (κ2) is 14.7. The maximum absolute atomic E-state index is 8.42. The molecule has 0 unspecified atom stereocenters. The molecule has 0 aliphatic heterocycles. The summed E-state index contributed by atoms with van der Waals surface area (Å²) in [7, 11) is 0. The zero-order valence-corrected chi connectivity index (χ0v) is 18.6. The maximum Gasteiger partial charge on any atom is 0.343 e. The van der Waals surface area contributed by atoms with E-state index in [9.17, 15) is 0 Å². The molecule has 2 aromatic heterocycles. The topological polar surface area (TPSA) is 72.9 Å². The second-order valence-electron chi connectivity index (χ2n) is 3.92. The Labute approximate surface area is 176 Å². The summed E-state index contributed by atoms with van der Waals surface area (Å²) in [5.41, 5.74) is 1.66. The fraction of sp³-hybridized carbons (Fsp3) is 0.0769. The fourth-order valence-corrected chi connectivity index (χ4v) is 1.62. The quantitative estimate of drug-likeness (QED) is 0.252. The van der Waals surface area contributed by atoms with Gasteiger partial charge in [-0.15, -0.1) is 77.1 Å². The Balaban J connectivity index is -0.000001000. The lowest BCUT2D eigenvalue weighted by molar-refractivity contribution is -0.913. The lowest BCUT2D eigenvalue weighted by Crippen LogP contribution is -2.50. The van der Waals surface area contributed by atoms with Gasteiger partial charge in [0.1, 0.15) is 0 Å². The van der Waals surface area contributed by atoms with Crippen LogP contribution in [-0.2, 0) is 6.67 Å². The molecule has 0 spiro atoms. The van der Waals surface area contributed by atoms with Crippen LogP contribution in [0.3, 0.4) is 0 Å². The minimum Gasteiger partial charge on any atom is -0.411 e. The van der Waals surface area contributed by atoms with Crippen molar-refractivity contribution in [2.45, 2.75) is 6.67 Å². The van der Waals surface area contributed by atoms with Crippen LogP contribution in [0.2, 0.25) is 0 Å². The molecule has 0 bridgehead atoms. The van der Waals surface area contributed by atoms with E-state index in [4.69, 9.17) is 10.4 Å². The minimum absolute atomic E-state index is 0. The molecule has 0 saturated heterocycles. The third-order valence-electron chi connectivity index (χ3n) is 2.57. The van der Waals surface area contributed by atoms with Crippen LogP contribution in [0.15, 0.2) is 59.4 Å². The standard InChI is InChI=1S/C13H12N4O2.4BrH/c18-14-9-12-1-5-16(6-2-12)11-17-7-3-13(4-8-17)10-15-19;;;;/h1-10H,11H2;4*1H/p+2. The van der Waals surface area contributed by atoms with Gasteiger partial charge in [-0.25, -0.2) is 0 Å². The largest absolute Gasteiger partial charge is 0.411 e. The average Bonchev–Trinajstić information content (AvgIpc) is 2.44. The highest BCUT2D eigenvalue weighted by Gasteiger charge is 2.07. The SMILES string of the molecule is Br.Br.Br.Br.ON=Cc1cc[n+](C[n+]2ccc(C=NO)cc2)cc1. The number of aromatic nitrogens is 2. The Bertz CT molecular complexity index is 538. The molecule has 2 rings (SSSR count). The molecule has 0 aromatic carbocycles. The van der Waals surface area contributed by atoms with Crippen LogP contribution in [0, 0.1) is 0 Å². The van der Waals surface area contributed by atoms with E-state index in [1.807, 2.05) is 58.2 Å². The third kappa shape index (κ3) is 9.14. The highest BCUT2D eigenvalue weighted by Crippen LogP contribution is 1.91. The van der Waals surface area contributed by atoms with Crippen LogP contribution in [-0.4, -0.2) is 22.8 Å². The van der Waals surface area contributed by atoms with Crippen molar-refractivity contribution < 1.29 is 19.5 Å². The van der Waals surface area contributed by atoms with Gasteiger partial charge in [0.25, 0.3) is 0 Å². The first kappa shape index (κ1) is 27.0. The van der Waals surface area contributed by atoms with Crippen LogP contribution in [0.5, 0.6) is 0 Å². The average molecular weight is 582 g/mol. The van der Waals surface area contributed by atoms with Gasteiger partial charge in [-0.2, -0.15) is 0 Å². The number of hydrogen-bond acceptors (Lipinski definition) is 4. The molecule has 0 saturated carbocycles. The van der Waals surface area contributed by atoms with Crippen molar-refractivity contribution >= 4 is 80.4 Å². The van der Waals surface area contributed by atoms with E-state index >= 15 is 0 Å². The Morgan fingerprint density at radius 1 is 0.696 bits per heavy atom. The zero-order valence-electron chi connectivity index (χ0n) is 11.8. The predicted molar refractivity (Wildman–Crippen MR) is 109 cm³/mol. The van der Waals surface area contributed by atoms with Crippen molar-refractivity contribution in [1.82, 2.24) is 0 Å². The molecule has 0 fully saturated rings. The van der Waals surface area contributed by atoms with E-state index < -0.39 is 0 Å². The molecule has 6 nitrogen and oxygen atoms in total. The number of halogens is 4. The summed E-state index contributed by atoms with van der Waals surface area (Å²) in [6.45, 7) is 0.660. The van der Waals surface area contributed by atoms with Crippen molar-refractivity contribution in [2.75, 3.05) is 0 Å². The van der Waals surface area contributed by atoms with Crippen molar-refractivity contribution in [3.63, 3.8) is 0 Å². The molecule has 23 heavy (non-hydrogen) atoms. The molecule has 2 aromatic rings. The lowest BCUT2D eigenvalue weighted by atomic mass is 10.3. The van der Waals surface area contributed by atoms with Gasteiger partial charge in [0, 0.05) is 35.4 Å². The predicted octanol–water partition coefficient (Wildman–Crippen LogP) is 2.70. The van der Waals surface area contributed by atoms with E-state index in [0.29, 0.717) is 6.67 Å². The van der Waals surface area contributed by atoms with Gasteiger partial charge >= 0.3 is 6.67 Å². The molecule has 0 aliphatic rings. The van der Waals surface area contributed by atoms with E-state index in [1.54, 1.807) is 0 Å². The summed E-state index contributed by atoms with van der Waals surface area (Å²) in [6, 6.07) is 7.42. The van der Waals surface area contributed by atoms with Crippen molar-refractivity contribution in [3.05, 3.63) is 60.2 Å². The van der Waals surface area contributed by atoms with Crippen molar-refractivity contribution in [2.24, 2.45) is 10.3 Å². The highest BCUT2D eigenvalue weighted by atomic mass is 79.9. The summed E-state index contributed by atoms with van der Waals surface area (Å²) in [5.74, 6) is 0. The Morgan fingerprint density at radius 3 is 1.26 bits per heavy atom. The number of rotatable bonds is 4. The summed E-state index contributed by atoms with van der Waals surface area (Å²) in [4.78, 5) is 0. The summed E-state index contributed by atoms with van der Waals surface area (Å²) >= 11 is 0. The van der Waals surface area contributed by atoms with Gasteiger partial charge in [0.15, 0.2) is 24.8 Å². The number of hydrogen-bond donors (Lipinski definition) is 2.